The molecule has 19 heavy (non-hydrogen) atoms. The van der Waals surface area contributed by atoms with Crippen LogP contribution in [-0.4, -0.2) is 19.4 Å². The Morgan fingerprint density at radius 1 is 1.32 bits per heavy atom. The molecule has 102 valence electrons. The van der Waals surface area contributed by atoms with Crippen molar-refractivity contribution in [3.05, 3.63) is 24.1 Å². The Morgan fingerprint density at radius 3 is 2.79 bits per heavy atom. The Kier molecular flexibility index (Phi) is 3.06. The zero-order valence-electron chi connectivity index (χ0n) is 10.7. The Bertz CT molecular complexity index is 700. The average Bonchev–Trinajstić information content (AvgIpc) is 2.95. The van der Waals surface area contributed by atoms with E-state index < -0.39 is 10.0 Å². The number of oxazole rings is 1. The Morgan fingerprint density at radius 2 is 2.05 bits per heavy atom. The van der Waals surface area contributed by atoms with Crippen LogP contribution in [0.3, 0.4) is 0 Å². The first-order chi connectivity index (χ1) is 9.04. The van der Waals surface area contributed by atoms with Crippen molar-refractivity contribution < 1.29 is 12.8 Å². The van der Waals surface area contributed by atoms with E-state index in [2.05, 4.69) is 9.71 Å². The number of nitrogens with zero attached hydrogens (tertiary/aromatic N) is 1. The minimum atomic E-state index is -3.46. The lowest BCUT2D eigenvalue weighted by molar-refractivity contribution is 0.549. The van der Waals surface area contributed by atoms with Crippen LogP contribution in [-0.2, 0) is 10.0 Å². The van der Waals surface area contributed by atoms with Gasteiger partial charge >= 0.3 is 0 Å². The van der Waals surface area contributed by atoms with E-state index in [0.717, 1.165) is 25.7 Å². The van der Waals surface area contributed by atoms with Gasteiger partial charge in [0.15, 0.2) is 11.5 Å². The molecule has 0 bridgehead atoms. The smallest absolute Gasteiger partial charge is 0.240 e. The van der Waals surface area contributed by atoms with Gasteiger partial charge in [0.05, 0.1) is 4.90 Å². The van der Waals surface area contributed by atoms with E-state index in [-0.39, 0.29) is 10.9 Å². The van der Waals surface area contributed by atoms with Gasteiger partial charge in [0, 0.05) is 19.0 Å². The third kappa shape index (κ3) is 2.50. The van der Waals surface area contributed by atoms with Crippen molar-refractivity contribution in [1.82, 2.24) is 9.71 Å². The molecule has 0 spiro atoms. The van der Waals surface area contributed by atoms with E-state index in [1.54, 1.807) is 19.1 Å². The number of nitrogens with one attached hydrogen (secondary N) is 1. The molecule has 3 rings (SSSR count). The monoisotopic (exact) mass is 280 g/mol. The van der Waals surface area contributed by atoms with Gasteiger partial charge in [0.2, 0.25) is 10.0 Å². The maximum Gasteiger partial charge on any atom is 0.240 e. The van der Waals surface area contributed by atoms with Crippen molar-refractivity contribution in [2.75, 3.05) is 0 Å². The van der Waals surface area contributed by atoms with Crippen molar-refractivity contribution in [1.29, 1.82) is 0 Å². The maximum atomic E-state index is 12.3. The SMILES string of the molecule is Cc1nc2ccc(S(=O)(=O)NC3CCCC3)cc2o1. The van der Waals surface area contributed by atoms with Gasteiger partial charge in [0.1, 0.15) is 5.52 Å². The zero-order valence-corrected chi connectivity index (χ0v) is 11.5. The number of hydrogen-bond acceptors (Lipinski definition) is 4. The highest BCUT2D eigenvalue weighted by molar-refractivity contribution is 7.89. The van der Waals surface area contributed by atoms with Gasteiger partial charge in [-0.05, 0) is 25.0 Å². The molecule has 0 saturated heterocycles. The summed E-state index contributed by atoms with van der Waals surface area (Å²) in [6, 6.07) is 4.85. The molecule has 5 nitrogen and oxygen atoms in total. The molecule has 1 heterocycles. The second kappa shape index (κ2) is 4.61. The van der Waals surface area contributed by atoms with Crippen molar-refractivity contribution in [3.63, 3.8) is 0 Å². The Balaban J connectivity index is 1.93. The lowest BCUT2D eigenvalue weighted by Gasteiger charge is -2.12. The van der Waals surface area contributed by atoms with E-state index in [9.17, 15) is 8.42 Å². The lowest BCUT2D eigenvalue weighted by Crippen LogP contribution is -2.32. The van der Waals surface area contributed by atoms with Crippen LogP contribution in [0.1, 0.15) is 31.6 Å². The third-order valence-corrected chi connectivity index (χ3v) is 4.97. The van der Waals surface area contributed by atoms with E-state index in [4.69, 9.17) is 4.42 Å². The van der Waals surface area contributed by atoms with E-state index in [1.165, 1.54) is 6.07 Å². The number of sulfonamides is 1. The molecule has 6 heteroatoms. The summed E-state index contributed by atoms with van der Waals surface area (Å²) in [5, 5.41) is 0. The van der Waals surface area contributed by atoms with Gasteiger partial charge in [-0.1, -0.05) is 12.8 Å². The molecule has 0 atom stereocenters. The van der Waals surface area contributed by atoms with Crippen LogP contribution in [0, 0.1) is 6.92 Å². The number of aryl methyl sites for hydroxylation is 1. The summed E-state index contributed by atoms with van der Waals surface area (Å²) in [5.74, 6) is 0.535. The number of benzene rings is 1. The van der Waals surface area contributed by atoms with Crippen LogP contribution in [0.5, 0.6) is 0 Å². The number of fused-ring (bicyclic) bond motifs is 1. The first-order valence-corrected chi connectivity index (χ1v) is 7.92. The Hall–Kier alpha value is -1.40. The van der Waals surface area contributed by atoms with Gasteiger partial charge in [-0.15, -0.1) is 0 Å². The summed E-state index contributed by atoms with van der Waals surface area (Å²) in [7, 11) is -3.46. The highest BCUT2D eigenvalue weighted by atomic mass is 32.2. The van der Waals surface area contributed by atoms with Crippen molar-refractivity contribution >= 4 is 21.1 Å². The molecule has 1 saturated carbocycles. The standard InChI is InChI=1S/C13H16N2O3S/c1-9-14-12-7-6-11(8-13(12)18-9)19(16,17)15-10-4-2-3-5-10/h6-8,10,15H,2-5H2,1H3. The summed E-state index contributed by atoms with van der Waals surface area (Å²) >= 11 is 0. The van der Waals surface area contributed by atoms with Crippen molar-refractivity contribution in [3.8, 4) is 0 Å². The summed E-state index contributed by atoms with van der Waals surface area (Å²) < 4.78 is 32.7. The normalized spacial score (nSPS) is 17.3. The van der Waals surface area contributed by atoms with Crippen LogP contribution < -0.4 is 4.72 Å². The second-order valence-electron chi connectivity index (χ2n) is 4.97. The first-order valence-electron chi connectivity index (χ1n) is 6.44. The molecule has 1 fully saturated rings. The first kappa shape index (κ1) is 12.6. The fourth-order valence-corrected chi connectivity index (χ4v) is 3.84. The molecule has 0 radical (unpaired) electrons. The lowest BCUT2D eigenvalue weighted by atomic mass is 10.3. The molecule has 0 aliphatic heterocycles. The predicted molar refractivity (Wildman–Crippen MR) is 71.3 cm³/mol. The van der Waals surface area contributed by atoms with Gasteiger partial charge in [-0.25, -0.2) is 18.1 Å². The number of aromatic nitrogens is 1. The molecule has 1 aromatic carbocycles. The van der Waals surface area contributed by atoms with Crippen LogP contribution in [0.2, 0.25) is 0 Å². The fraction of sp³-hybridized carbons (Fsp3) is 0.462. The summed E-state index contributed by atoms with van der Waals surface area (Å²) in [6.45, 7) is 1.74. The minimum Gasteiger partial charge on any atom is -0.441 e. The largest absolute Gasteiger partial charge is 0.441 e. The topological polar surface area (TPSA) is 72.2 Å². The number of hydrogen-bond donors (Lipinski definition) is 1. The third-order valence-electron chi connectivity index (χ3n) is 3.45. The highest BCUT2D eigenvalue weighted by Crippen LogP contribution is 2.23. The van der Waals surface area contributed by atoms with Crippen LogP contribution in [0.25, 0.3) is 11.1 Å². The maximum absolute atomic E-state index is 12.3. The molecule has 1 aliphatic rings. The molecule has 1 aliphatic carbocycles. The molecule has 1 aromatic heterocycles. The Labute approximate surface area is 112 Å². The van der Waals surface area contributed by atoms with Gasteiger partial charge in [-0.2, -0.15) is 0 Å². The van der Waals surface area contributed by atoms with Crippen LogP contribution in [0.15, 0.2) is 27.5 Å². The fourth-order valence-electron chi connectivity index (χ4n) is 2.52. The van der Waals surface area contributed by atoms with Gasteiger partial charge < -0.3 is 4.42 Å². The van der Waals surface area contributed by atoms with Crippen molar-refractivity contribution in [2.24, 2.45) is 0 Å². The predicted octanol–water partition coefficient (Wildman–Crippen LogP) is 2.36. The molecule has 0 unspecified atom stereocenters. The molecular weight excluding hydrogens is 264 g/mol. The summed E-state index contributed by atoms with van der Waals surface area (Å²) in [4.78, 5) is 4.40. The van der Waals surface area contributed by atoms with Crippen LogP contribution >= 0.6 is 0 Å². The molecular formula is C13H16N2O3S. The minimum absolute atomic E-state index is 0.0668. The van der Waals surface area contributed by atoms with Gasteiger partial charge in [0.25, 0.3) is 0 Å². The molecule has 1 N–H and O–H groups in total. The van der Waals surface area contributed by atoms with Gasteiger partial charge in [-0.3, -0.25) is 0 Å². The molecule has 0 amide bonds. The van der Waals surface area contributed by atoms with E-state index in [1.807, 2.05) is 0 Å². The van der Waals surface area contributed by atoms with E-state index in [0.29, 0.717) is 17.0 Å². The molecule has 2 aromatic rings. The second-order valence-corrected chi connectivity index (χ2v) is 6.68. The number of rotatable bonds is 3. The van der Waals surface area contributed by atoms with Crippen LogP contribution in [0.4, 0.5) is 0 Å². The van der Waals surface area contributed by atoms with Crippen molar-refractivity contribution in [2.45, 2.75) is 43.5 Å². The average molecular weight is 280 g/mol. The summed E-state index contributed by atoms with van der Waals surface area (Å²) in [5.41, 5.74) is 1.18. The van der Waals surface area contributed by atoms with E-state index >= 15 is 0 Å². The highest BCUT2D eigenvalue weighted by Gasteiger charge is 2.23. The zero-order chi connectivity index (χ0) is 13.5. The quantitative estimate of drug-likeness (QED) is 0.936. The summed E-state index contributed by atoms with van der Waals surface area (Å²) in [6.07, 6.45) is 4.02.